The van der Waals surface area contributed by atoms with Crippen molar-refractivity contribution in [3.05, 3.63) is 270 Å². The molecule has 0 saturated carbocycles. The monoisotopic (exact) mass is 1100 g/mol. The van der Waals surface area contributed by atoms with Crippen molar-refractivity contribution in [2.75, 3.05) is 0 Å². The molecule has 0 unspecified atom stereocenters. The Morgan fingerprint density at radius 1 is 0.305 bits per heavy atom. The molecule has 0 aromatic heterocycles. The van der Waals surface area contributed by atoms with Crippen LogP contribution in [0.5, 0.6) is 0 Å². The van der Waals surface area contributed by atoms with Crippen molar-refractivity contribution in [1.29, 1.82) is 0 Å². The smallest absolute Gasteiger partial charge is 0.0103 e. The summed E-state index contributed by atoms with van der Waals surface area (Å²) in [6.45, 7) is 52.0. The number of hydrogen-bond donors (Lipinski definition) is 0. The molecule has 0 amide bonds. The minimum Gasteiger partial charge on any atom is -0.0955 e. The molecule has 82 heavy (non-hydrogen) atoms. The first-order valence-electron chi connectivity index (χ1n) is 30.6. The van der Waals surface area contributed by atoms with E-state index in [0.29, 0.717) is 5.92 Å². The van der Waals surface area contributed by atoms with E-state index in [9.17, 15) is 0 Å². The molecule has 0 atom stereocenters. The molecule has 0 heteroatoms. The second-order valence-corrected chi connectivity index (χ2v) is 18.8. The fraction of sp³-hybridized carbons (Fsp3) is 0.317. The molecule has 0 aliphatic rings. The third kappa shape index (κ3) is 27.9. The van der Waals surface area contributed by atoms with Crippen molar-refractivity contribution in [1.82, 2.24) is 0 Å². The van der Waals surface area contributed by atoms with Gasteiger partial charge in [0.2, 0.25) is 0 Å². The highest BCUT2D eigenvalue weighted by molar-refractivity contribution is 5.84. The van der Waals surface area contributed by atoms with E-state index in [2.05, 4.69) is 276 Å². The van der Waals surface area contributed by atoms with Crippen LogP contribution in [0.15, 0.2) is 231 Å². The molecule has 442 valence electrons. The maximum Gasteiger partial charge on any atom is -0.0103 e. The van der Waals surface area contributed by atoms with Crippen molar-refractivity contribution in [3.63, 3.8) is 0 Å². The number of hydrogen-bond acceptors (Lipinski definition) is 0. The van der Waals surface area contributed by atoms with Gasteiger partial charge in [-0.05, 0) is 142 Å². The summed E-state index contributed by atoms with van der Waals surface area (Å²) < 4.78 is 0. The molecule has 0 N–H and O–H groups in total. The van der Waals surface area contributed by atoms with Crippen LogP contribution in [-0.2, 0) is 0 Å². The number of allylic oxidation sites excluding steroid dienone is 1. The standard InChI is InChI=1S/C22H22.C21H20.C15H14.C7H8.C4H10.6C2H6.CH4/c1-15-9-5-7-11-19(15)21-13-14-22(18(4)17(21)3)20-12-8-6-10-16(20)2;1-16(2)19-13-14-20(17-9-5-3-6-10-17)21(15-19)18-11-7-4-8-12-18;1-12(2)14-10-6-7-11-15(14)13-8-4-3-5-9-13;1-7-5-3-2-4-6-7;1-4(2)3;6*1-2;/h5-14H,1-4H3;3-16H,1-2H3;3-11H,1H2,2H3;2-6H,1H3;4H,1-3H3;6*1-2H3;1H4. The van der Waals surface area contributed by atoms with Crippen LogP contribution in [0.4, 0.5) is 0 Å². The largest absolute Gasteiger partial charge is 0.0955 e. The first-order chi connectivity index (χ1) is 39.3. The normalized spacial score (nSPS) is 9.09. The van der Waals surface area contributed by atoms with E-state index >= 15 is 0 Å². The van der Waals surface area contributed by atoms with Crippen LogP contribution in [0.25, 0.3) is 61.2 Å². The maximum absolute atomic E-state index is 4.01. The van der Waals surface area contributed by atoms with Crippen molar-refractivity contribution in [2.45, 2.75) is 173 Å². The minimum absolute atomic E-state index is 0. The summed E-state index contributed by atoms with van der Waals surface area (Å²) >= 11 is 0. The Morgan fingerprint density at radius 2 is 0.585 bits per heavy atom. The van der Waals surface area contributed by atoms with Crippen LogP contribution >= 0.6 is 0 Å². The Hall–Kier alpha value is -7.28. The molecule has 0 bridgehead atoms. The quantitative estimate of drug-likeness (QED) is 0.149. The van der Waals surface area contributed by atoms with Crippen LogP contribution in [0.1, 0.15) is 177 Å². The van der Waals surface area contributed by atoms with E-state index < -0.39 is 0 Å². The Morgan fingerprint density at radius 3 is 0.902 bits per heavy atom. The summed E-state index contributed by atoms with van der Waals surface area (Å²) in [6.07, 6.45) is 0. The lowest BCUT2D eigenvalue weighted by Crippen LogP contribution is -1.94. The summed E-state index contributed by atoms with van der Waals surface area (Å²) in [5, 5.41) is 0. The van der Waals surface area contributed by atoms with E-state index in [1.54, 1.807) is 0 Å². The molecule has 0 heterocycles. The molecule has 0 saturated heterocycles. The van der Waals surface area contributed by atoms with Crippen LogP contribution in [0.3, 0.4) is 0 Å². The van der Waals surface area contributed by atoms with E-state index in [1.807, 2.05) is 114 Å². The summed E-state index contributed by atoms with van der Waals surface area (Å²) in [4.78, 5) is 0. The maximum atomic E-state index is 4.01. The predicted molar refractivity (Wildman–Crippen MR) is 381 cm³/mol. The van der Waals surface area contributed by atoms with Gasteiger partial charge in [0.15, 0.2) is 0 Å². The average molecular weight is 1100 g/mol. The third-order valence-corrected chi connectivity index (χ3v) is 11.9. The van der Waals surface area contributed by atoms with E-state index in [0.717, 1.165) is 11.5 Å². The fourth-order valence-corrected chi connectivity index (χ4v) is 8.06. The highest BCUT2D eigenvalue weighted by Crippen LogP contribution is 2.36. The fourth-order valence-electron chi connectivity index (χ4n) is 8.06. The van der Waals surface area contributed by atoms with Gasteiger partial charge in [0, 0.05) is 0 Å². The summed E-state index contributed by atoms with van der Waals surface area (Å²) in [6, 6.07) is 78.9. The molecular weight excluding hydrogens is 985 g/mol. The van der Waals surface area contributed by atoms with Gasteiger partial charge < -0.3 is 0 Å². The average Bonchev–Trinajstić information content (AvgIpc) is 3.63. The van der Waals surface area contributed by atoms with E-state index in [-0.39, 0.29) is 7.43 Å². The van der Waals surface area contributed by atoms with Gasteiger partial charge in [0.1, 0.15) is 0 Å². The first-order valence-corrected chi connectivity index (χ1v) is 30.6. The predicted octanol–water partition coefficient (Wildman–Crippen LogP) is 27.2. The van der Waals surface area contributed by atoms with Gasteiger partial charge in [-0.1, -0.05) is 367 Å². The molecule has 0 radical (unpaired) electrons. The summed E-state index contributed by atoms with van der Waals surface area (Å²) in [5.74, 6) is 1.37. The molecule has 0 aliphatic carbocycles. The molecule has 9 aromatic rings. The Kier molecular flexibility index (Phi) is 46.6. The van der Waals surface area contributed by atoms with Gasteiger partial charge in [-0.15, -0.1) is 0 Å². The molecule has 9 rings (SSSR count). The van der Waals surface area contributed by atoms with Crippen molar-refractivity contribution < 1.29 is 0 Å². The van der Waals surface area contributed by atoms with Crippen LogP contribution in [0, 0.1) is 40.5 Å². The van der Waals surface area contributed by atoms with Gasteiger partial charge in [-0.3, -0.25) is 0 Å². The Bertz CT molecular complexity index is 2860. The van der Waals surface area contributed by atoms with Gasteiger partial charge in [0.25, 0.3) is 0 Å². The highest BCUT2D eigenvalue weighted by atomic mass is 14.2. The third-order valence-electron chi connectivity index (χ3n) is 11.9. The lowest BCUT2D eigenvalue weighted by molar-refractivity contribution is 0.737. The SMILES string of the molecule is C.C=C(C)c1ccccc1-c1ccccc1.CC.CC.CC.CC.CC.CC.CC(C)C.CC(C)c1ccc(-c2ccccc2)c(-c2ccccc2)c1.Cc1ccccc1.Cc1ccccc1-c1ccc(-c2ccccc2C)c(C)c1C. The summed E-state index contributed by atoms with van der Waals surface area (Å²) in [5.41, 5.74) is 23.4. The highest BCUT2D eigenvalue weighted by Gasteiger charge is 2.13. The van der Waals surface area contributed by atoms with Gasteiger partial charge in [0.05, 0.1) is 0 Å². The van der Waals surface area contributed by atoms with Crippen LogP contribution < -0.4 is 0 Å². The second-order valence-electron chi connectivity index (χ2n) is 18.8. The second kappa shape index (κ2) is 48.4. The van der Waals surface area contributed by atoms with E-state index in [4.69, 9.17) is 0 Å². The van der Waals surface area contributed by atoms with Gasteiger partial charge in [-0.25, -0.2) is 0 Å². The molecule has 0 spiro atoms. The van der Waals surface area contributed by atoms with Crippen molar-refractivity contribution in [2.24, 2.45) is 5.92 Å². The lowest BCUT2D eigenvalue weighted by atomic mass is 9.88. The minimum atomic E-state index is 0. The van der Waals surface area contributed by atoms with Gasteiger partial charge >= 0.3 is 0 Å². The summed E-state index contributed by atoms with van der Waals surface area (Å²) in [7, 11) is 0. The number of aryl methyl sites for hydroxylation is 3. The molecule has 0 fully saturated rings. The first kappa shape index (κ1) is 78.9. The molecule has 0 nitrogen and oxygen atoms in total. The zero-order valence-electron chi connectivity index (χ0n) is 55.2. The van der Waals surface area contributed by atoms with Crippen LogP contribution in [0.2, 0.25) is 0 Å². The Labute approximate surface area is 506 Å². The molecule has 0 aliphatic heterocycles. The molecular formula is C82H114. The van der Waals surface area contributed by atoms with Gasteiger partial charge in [-0.2, -0.15) is 0 Å². The number of rotatable bonds is 7. The zero-order valence-corrected chi connectivity index (χ0v) is 55.2. The topological polar surface area (TPSA) is 0 Å². The Balaban J connectivity index is -0.000000966. The zero-order chi connectivity index (χ0) is 61.7. The van der Waals surface area contributed by atoms with Crippen LogP contribution in [-0.4, -0.2) is 0 Å². The van der Waals surface area contributed by atoms with Crippen molar-refractivity contribution >= 4 is 5.57 Å². The molecule has 9 aromatic carbocycles. The number of benzene rings is 9. The lowest BCUT2D eigenvalue weighted by Gasteiger charge is -2.16. The van der Waals surface area contributed by atoms with E-state index in [1.165, 1.54) is 94.6 Å². The van der Waals surface area contributed by atoms with Crippen molar-refractivity contribution in [3.8, 4) is 55.6 Å².